The summed E-state index contributed by atoms with van der Waals surface area (Å²) in [4.78, 5) is 43.6. The molecule has 0 amide bonds. The average Bonchev–Trinajstić information content (AvgIpc) is 3.01. The third-order valence-electron chi connectivity index (χ3n) is 8.25. The summed E-state index contributed by atoms with van der Waals surface area (Å²) < 4.78 is 9.44. The molecule has 0 aromatic rings. The Balaban J connectivity index is -0.000000807. The van der Waals surface area contributed by atoms with E-state index in [1.165, 1.54) is 142 Å². The van der Waals surface area contributed by atoms with Crippen LogP contribution < -0.4 is 10.2 Å². The maximum atomic E-state index is 11.3. The average molecular weight is 720 g/mol. The van der Waals surface area contributed by atoms with Crippen molar-refractivity contribution >= 4 is 23.9 Å². The van der Waals surface area contributed by atoms with E-state index in [1.807, 2.05) is 0 Å². The zero-order chi connectivity index (χ0) is 34.7. The van der Waals surface area contributed by atoms with E-state index in [4.69, 9.17) is 9.47 Å². The van der Waals surface area contributed by atoms with Crippen molar-refractivity contribution in [3.8, 4) is 0 Å². The second-order valence-electron chi connectivity index (χ2n) is 12.9. The molecule has 0 saturated carbocycles. The van der Waals surface area contributed by atoms with Gasteiger partial charge in [0.2, 0.25) is 0 Å². The maximum absolute atomic E-state index is 11.3. The van der Waals surface area contributed by atoms with Crippen molar-refractivity contribution in [2.45, 2.75) is 220 Å². The van der Waals surface area contributed by atoms with Crippen molar-refractivity contribution in [2.75, 3.05) is 0 Å². The molecule has 0 aliphatic carbocycles. The first-order chi connectivity index (χ1) is 22.1. The molecule has 2 unspecified atom stereocenters. The van der Waals surface area contributed by atoms with Crippen LogP contribution in [0.5, 0.6) is 0 Å². The first-order valence-electron chi connectivity index (χ1n) is 19.0. The molecule has 0 aliphatic rings. The van der Waals surface area contributed by atoms with Gasteiger partial charge in [-0.1, -0.05) is 168 Å². The van der Waals surface area contributed by atoms with Gasteiger partial charge in [0.25, 0.3) is 0 Å². The quantitative estimate of drug-likeness (QED) is 0.0385. The van der Waals surface area contributed by atoms with E-state index in [-0.39, 0.29) is 19.5 Å². The van der Waals surface area contributed by atoms with Gasteiger partial charge in [-0.3, -0.25) is 9.59 Å². The van der Waals surface area contributed by atoms with Crippen molar-refractivity contribution in [3.63, 3.8) is 0 Å². The van der Waals surface area contributed by atoms with Gasteiger partial charge in [-0.2, -0.15) is 0 Å². The minimum absolute atomic E-state index is 0. The molecule has 0 rings (SSSR count). The summed E-state index contributed by atoms with van der Waals surface area (Å²) in [5.41, 5.74) is 0. The van der Waals surface area contributed by atoms with Gasteiger partial charge in [0.1, 0.15) is 12.2 Å². The van der Waals surface area contributed by atoms with Crippen molar-refractivity contribution < 1.29 is 58.3 Å². The van der Waals surface area contributed by atoms with Crippen LogP contribution in [0, 0.1) is 0 Å². The molecule has 272 valence electrons. The van der Waals surface area contributed by atoms with Gasteiger partial charge < -0.3 is 29.3 Å². The Hall–Kier alpha value is -1.50. The number of aliphatic carboxylic acids is 2. The smallest absolute Gasteiger partial charge is 0.546 e. The predicted octanol–water partition coefficient (Wildman–Crippen LogP) is 8.30. The fourth-order valence-corrected chi connectivity index (χ4v) is 5.18. The summed E-state index contributed by atoms with van der Waals surface area (Å²) in [6.07, 6.45) is 30.9. The number of ether oxygens (including phenoxy) is 2. The Bertz CT molecular complexity index is 670. The summed E-state index contributed by atoms with van der Waals surface area (Å²) in [6.45, 7) is 7.13. The number of unbranched alkanes of at least 4 members (excludes halogenated alkanes) is 24. The fourth-order valence-electron chi connectivity index (χ4n) is 5.18. The minimum Gasteiger partial charge on any atom is -0.546 e. The first kappa shape index (κ1) is 49.9. The van der Waals surface area contributed by atoms with E-state index in [0.29, 0.717) is 12.8 Å². The normalized spacial score (nSPS) is 11.8. The molecular weight excluding hydrogens is 650 g/mol. The molecule has 9 heteroatoms. The number of rotatable bonds is 32. The zero-order valence-electron chi connectivity index (χ0n) is 30.9. The Kier molecular flexibility index (Phi) is 41.3. The van der Waals surface area contributed by atoms with Crippen LogP contribution in [0.4, 0.5) is 0 Å². The summed E-state index contributed by atoms with van der Waals surface area (Å²) >= 11 is 0. The van der Waals surface area contributed by atoms with E-state index in [0.717, 1.165) is 38.5 Å². The topological polar surface area (TPSA) is 133 Å². The predicted molar refractivity (Wildman–Crippen MR) is 182 cm³/mol. The maximum Gasteiger partial charge on any atom is 2.00 e. The number of carbonyl (C=O) groups is 4. The summed E-state index contributed by atoms with van der Waals surface area (Å²) in [6, 6.07) is 0. The molecule has 0 spiro atoms. The molecule has 0 heterocycles. The summed E-state index contributed by atoms with van der Waals surface area (Å²) in [7, 11) is 0. The van der Waals surface area contributed by atoms with Crippen molar-refractivity contribution in [1.82, 2.24) is 0 Å². The molecule has 8 nitrogen and oxygen atoms in total. The number of carbonyl (C=O) groups excluding carboxylic acids is 4. The molecule has 0 bridgehead atoms. The van der Waals surface area contributed by atoms with Gasteiger partial charge in [-0.25, -0.2) is 0 Å². The molecule has 0 saturated heterocycles. The van der Waals surface area contributed by atoms with E-state index < -0.39 is 36.1 Å². The van der Waals surface area contributed by atoms with Crippen LogP contribution in [0.2, 0.25) is 0 Å². The molecule has 47 heavy (non-hydrogen) atoms. The Morgan fingerprint density at radius 2 is 0.596 bits per heavy atom. The standard InChI is InChI=1S/2C19H36O4.Zn/c2*1-3-4-5-6-7-8-9-10-11-12-13-14-15-16-18(20)23-17(2)19(21)22;/h2*17H,3-16H2,1-2H3,(H,21,22);/q;;+2/p-2. The SMILES string of the molecule is CCCCCCCCCCCCCCCC(=O)OC(C)C(=O)[O-].CCCCCCCCCCCCCCCC(=O)OC(C)C(=O)[O-].[Zn+2]. The van der Waals surface area contributed by atoms with E-state index >= 15 is 0 Å². The van der Waals surface area contributed by atoms with Crippen molar-refractivity contribution in [2.24, 2.45) is 0 Å². The van der Waals surface area contributed by atoms with E-state index in [2.05, 4.69) is 13.8 Å². The largest absolute Gasteiger partial charge is 2.00 e. The molecule has 0 aromatic heterocycles. The molecule has 0 N–H and O–H groups in total. The van der Waals surface area contributed by atoms with Crippen molar-refractivity contribution in [1.29, 1.82) is 0 Å². The number of carboxylic acids is 2. The molecule has 2 atom stereocenters. The number of hydrogen-bond donors (Lipinski definition) is 0. The van der Waals surface area contributed by atoms with E-state index in [9.17, 15) is 29.4 Å². The Labute approximate surface area is 301 Å². The monoisotopic (exact) mass is 718 g/mol. The van der Waals surface area contributed by atoms with Crippen LogP contribution in [-0.2, 0) is 48.1 Å². The van der Waals surface area contributed by atoms with Gasteiger partial charge in [-0.05, 0) is 26.7 Å². The second-order valence-corrected chi connectivity index (χ2v) is 12.9. The van der Waals surface area contributed by atoms with Crippen LogP contribution in [0.3, 0.4) is 0 Å². The van der Waals surface area contributed by atoms with Gasteiger partial charge in [0.05, 0.1) is 11.9 Å². The van der Waals surface area contributed by atoms with Crippen LogP contribution >= 0.6 is 0 Å². The molecule has 0 aliphatic heterocycles. The number of carboxylic acid groups (broad SMARTS) is 2. The summed E-state index contributed by atoms with van der Waals surface area (Å²) in [5, 5.41) is 20.9. The molecule has 0 fully saturated rings. The second kappa shape index (κ2) is 38.9. The Morgan fingerprint density at radius 1 is 0.404 bits per heavy atom. The van der Waals surface area contributed by atoms with Crippen LogP contribution in [-0.4, -0.2) is 36.1 Å². The fraction of sp³-hybridized carbons (Fsp3) is 0.895. The third kappa shape index (κ3) is 40.6. The minimum atomic E-state index is -1.34. The van der Waals surface area contributed by atoms with Crippen LogP contribution in [0.1, 0.15) is 207 Å². The first-order valence-corrected chi connectivity index (χ1v) is 19.0. The van der Waals surface area contributed by atoms with Gasteiger partial charge in [0.15, 0.2) is 0 Å². The van der Waals surface area contributed by atoms with Crippen LogP contribution in [0.25, 0.3) is 0 Å². The number of hydrogen-bond acceptors (Lipinski definition) is 8. The van der Waals surface area contributed by atoms with Gasteiger partial charge >= 0.3 is 31.4 Å². The molecule has 0 radical (unpaired) electrons. The molecule has 0 aromatic carbocycles. The summed E-state index contributed by atoms with van der Waals surface area (Å²) in [5.74, 6) is -3.57. The molecular formula is C38H70O8Zn. The van der Waals surface area contributed by atoms with Gasteiger partial charge in [-0.15, -0.1) is 0 Å². The van der Waals surface area contributed by atoms with Crippen LogP contribution in [0.15, 0.2) is 0 Å². The number of esters is 2. The van der Waals surface area contributed by atoms with Gasteiger partial charge in [0, 0.05) is 12.8 Å². The Morgan fingerprint density at radius 3 is 0.787 bits per heavy atom. The third-order valence-corrected chi connectivity index (χ3v) is 8.25. The van der Waals surface area contributed by atoms with Crippen molar-refractivity contribution in [3.05, 3.63) is 0 Å². The zero-order valence-corrected chi connectivity index (χ0v) is 33.9. The van der Waals surface area contributed by atoms with E-state index in [1.54, 1.807) is 0 Å².